The molecular formula is C15H18N2O4. The van der Waals surface area contributed by atoms with Crippen molar-refractivity contribution in [1.82, 2.24) is 9.80 Å². The number of carbonyl (C=O) groups is 2. The molecule has 0 aliphatic carbocycles. The molecule has 2 heterocycles. The lowest BCUT2D eigenvalue weighted by atomic mass is 9.94. The third-order valence-electron chi connectivity index (χ3n) is 4.29. The van der Waals surface area contributed by atoms with E-state index in [0.717, 1.165) is 0 Å². The predicted molar refractivity (Wildman–Crippen MR) is 75.3 cm³/mol. The van der Waals surface area contributed by atoms with Crippen molar-refractivity contribution >= 4 is 12.0 Å². The van der Waals surface area contributed by atoms with E-state index in [9.17, 15) is 9.59 Å². The van der Waals surface area contributed by atoms with Crippen LogP contribution in [0.2, 0.25) is 0 Å². The number of benzene rings is 1. The highest BCUT2D eigenvalue weighted by Gasteiger charge is 2.48. The zero-order valence-corrected chi connectivity index (χ0v) is 11.9. The number of amides is 2. The standard InChI is InChI=1S/C15H18N2O4/c1-2-17-13(18)11-5-3-4-6-12(11)21-15(17)7-9-16(10-8-15)14(19)20/h3-6H,2,7-10H2,1H3,(H,19,20). The second-order valence-electron chi connectivity index (χ2n) is 5.36. The minimum absolute atomic E-state index is 0.0388. The zero-order valence-electron chi connectivity index (χ0n) is 11.9. The van der Waals surface area contributed by atoms with Gasteiger partial charge in [-0.25, -0.2) is 4.79 Å². The van der Waals surface area contributed by atoms with Gasteiger partial charge in [-0.05, 0) is 19.1 Å². The number of nitrogens with zero attached hydrogens (tertiary/aromatic N) is 2. The van der Waals surface area contributed by atoms with E-state index < -0.39 is 11.8 Å². The number of rotatable bonds is 1. The molecular weight excluding hydrogens is 272 g/mol. The number of carboxylic acid groups (broad SMARTS) is 1. The molecule has 1 saturated heterocycles. The van der Waals surface area contributed by atoms with Gasteiger partial charge in [-0.1, -0.05) is 12.1 Å². The van der Waals surface area contributed by atoms with Gasteiger partial charge in [0.1, 0.15) is 5.75 Å². The lowest BCUT2D eigenvalue weighted by Gasteiger charge is -2.50. The van der Waals surface area contributed by atoms with Crippen LogP contribution in [0.25, 0.3) is 0 Å². The van der Waals surface area contributed by atoms with E-state index in [1.54, 1.807) is 17.0 Å². The van der Waals surface area contributed by atoms with Crippen molar-refractivity contribution in [2.24, 2.45) is 0 Å². The van der Waals surface area contributed by atoms with Crippen molar-refractivity contribution in [2.45, 2.75) is 25.5 Å². The first-order valence-electron chi connectivity index (χ1n) is 7.15. The average Bonchev–Trinajstić information content (AvgIpc) is 2.48. The Morgan fingerprint density at radius 1 is 1.33 bits per heavy atom. The van der Waals surface area contributed by atoms with Crippen LogP contribution in [0.1, 0.15) is 30.1 Å². The second kappa shape index (κ2) is 4.95. The summed E-state index contributed by atoms with van der Waals surface area (Å²) in [5.74, 6) is 0.555. The Bertz CT molecular complexity index is 579. The molecule has 21 heavy (non-hydrogen) atoms. The monoisotopic (exact) mass is 290 g/mol. The van der Waals surface area contributed by atoms with Gasteiger partial charge in [0.25, 0.3) is 5.91 Å². The number of piperidine rings is 1. The zero-order chi connectivity index (χ0) is 15.0. The third-order valence-corrected chi connectivity index (χ3v) is 4.29. The first kappa shape index (κ1) is 13.7. The van der Waals surface area contributed by atoms with Gasteiger partial charge >= 0.3 is 6.09 Å². The molecule has 112 valence electrons. The molecule has 0 unspecified atom stereocenters. The molecule has 1 fully saturated rings. The smallest absolute Gasteiger partial charge is 0.407 e. The molecule has 1 aromatic carbocycles. The van der Waals surface area contributed by atoms with Crippen molar-refractivity contribution < 1.29 is 19.4 Å². The lowest BCUT2D eigenvalue weighted by Crippen LogP contribution is -2.63. The number of likely N-dealkylation sites (tertiary alicyclic amines) is 1. The number of hydrogen-bond donors (Lipinski definition) is 1. The summed E-state index contributed by atoms with van der Waals surface area (Å²) in [5.41, 5.74) is -0.141. The molecule has 1 N–H and O–H groups in total. The SMILES string of the molecule is CCN1C(=O)c2ccccc2OC12CCN(C(=O)O)CC2. The molecule has 2 aliphatic rings. The largest absolute Gasteiger partial charge is 0.467 e. The third kappa shape index (κ3) is 2.11. The Kier molecular flexibility index (Phi) is 3.23. The topological polar surface area (TPSA) is 70.1 Å². The molecule has 0 aromatic heterocycles. The maximum absolute atomic E-state index is 12.7. The maximum atomic E-state index is 12.7. The van der Waals surface area contributed by atoms with Crippen molar-refractivity contribution in [2.75, 3.05) is 19.6 Å². The Morgan fingerprint density at radius 3 is 2.62 bits per heavy atom. The van der Waals surface area contributed by atoms with Crippen LogP contribution in [0, 0.1) is 0 Å². The summed E-state index contributed by atoms with van der Waals surface area (Å²) in [5, 5.41) is 9.06. The summed E-state index contributed by atoms with van der Waals surface area (Å²) in [6, 6.07) is 7.22. The van der Waals surface area contributed by atoms with Crippen molar-refractivity contribution in [1.29, 1.82) is 0 Å². The molecule has 0 radical (unpaired) electrons. The fourth-order valence-corrected chi connectivity index (χ4v) is 3.17. The minimum atomic E-state index is -0.921. The van der Waals surface area contributed by atoms with E-state index in [1.165, 1.54) is 4.90 Å². The van der Waals surface area contributed by atoms with E-state index in [0.29, 0.717) is 43.8 Å². The van der Waals surface area contributed by atoms with Crippen LogP contribution in [0.15, 0.2) is 24.3 Å². The summed E-state index contributed by atoms with van der Waals surface area (Å²) in [6.07, 6.45) is 0.0656. The average molecular weight is 290 g/mol. The van der Waals surface area contributed by atoms with Crippen molar-refractivity contribution in [3.63, 3.8) is 0 Å². The summed E-state index contributed by atoms with van der Waals surface area (Å²) in [4.78, 5) is 26.8. The van der Waals surface area contributed by atoms with Gasteiger partial charge < -0.3 is 19.6 Å². The number of fused-ring (bicyclic) bond motifs is 1. The highest BCUT2D eigenvalue weighted by molar-refractivity contribution is 5.98. The molecule has 2 aliphatic heterocycles. The Hall–Kier alpha value is -2.24. The molecule has 0 bridgehead atoms. The van der Waals surface area contributed by atoms with Crippen LogP contribution in [0.4, 0.5) is 4.79 Å². The predicted octanol–water partition coefficient (Wildman–Crippen LogP) is 2.01. The van der Waals surface area contributed by atoms with E-state index in [2.05, 4.69) is 0 Å². The molecule has 1 spiro atoms. The van der Waals surface area contributed by atoms with Gasteiger partial charge in [0.05, 0.1) is 5.56 Å². The first-order valence-corrected chi connectivity index (χ1v) is 7.15. The second-order valence-corrected chi connectivity index (χ2v) is 5.36. The molecule has 6 nitrogen and oxygen atoms in total. The number of hydrogen-bond acceptors (Lipinski definition) is 3. The Labute approximate surface area is 122 Å². The Balaban J connectivity index is 1.92. The van der Waals surface area contributed by atoms with E-state index in [-0.39, 0.29) is 5.91 Å². The van der Waals surface area contributed by atoms with E-state index >= 15 is 0 Å². The van der Waals surface area contributed by atoms with E-state index in [1.807, 2.05) is 19.1 Å². The van der Waals surface area contributed by atoms with Gasteiger partial charge in [-0.3, -0.25) is 4.79 Å². The fourth-order valence-electron chi connectivity index (χ4n) is 3.17. The normalized spacial score (nSPS) is 20.1. The van der Waals surface area contributed by atoms with Crippen molar-refractivity contribution in [3.8, 4) is 5.75 Å². The molecule has 0 atom stereocenters. The maximum Gasteiger partial charge on any atom is 0.407 e. The fraction of sp³-hybridized carbons (Fsp3) is 0.467. The summed E-state index contributed by atoms with van der Waals surface area (Å²) in [6.45, 7) is 3.21. The van der Waals surface area contributed by atoms with Crippen LogP contribution in [-0.4, -0.2) is 52.3 Å². The number of ether oxygens (including phenoxy) is 1. The van der Waals surface area contributed by atoms with Gasteiger partial charge in [-0.15, -0.1) is 0 Å². The summed E-state index contributed by atoms with van der Waals surface area (Å²) in [7, 11) is 0. The van der Waals surface area contributed by atoms with Gasteiger partial charge in [-0.2, -0.15) is 0 Å². The highest BCUT2D eigenvalue weighted by atomic mass is 16.5. The molecule has 1 aromatic rings. The molecule has 0 saturated carbocycles. The first-order chi connectivity index (χ1) is 10.1. The van der Waals surface area contributed by atoms with Gasteiger partial charge in [0.2, 0.25) is 0 Å². The summed E-state index contributed by atoms with van der Waals surface area (Å²) >= 11 is 0. The van der Waals surface area contributed by atoms with Crippen LogP contribution in [0.5, 0.6) is 5.75 Å². The number of carbonyl (C=O) groups excluding carboxylic acids is 1. The molecule has 2 amide bonds. The lowest BCUT2D eigenvalue weighted by molar-refractivity contribution is -0.105. The van der Waals surface area contributed by atoms with Crippen molar-refractivity contribution in [3.05, 3.63) is 29.8 Å². The highest BCUT2D eigenvalue weighted by Crippen LogP contribution is 2.39. The molecule has 6 heteroatoms. The molecule has 3 rings (SSSR count). The van der Waals surface area contributed by atoms with Gasteiger partial charge in [0.15, 0.2) is 5.72 Å². The van der Waals surface area contributed by atoms with Crippen LogP contribution in [0.3, 0.4) is 0 Å². The van der Waals surface area contributed by atoms with Crippen LogP contribution in [-0.2, 0) is 0 Å². The Morgan fingerprint density at radius 2 is 2.00 bits per heavy atom. The van der Waals surface area contributed by atoms with Crippen LogP contribution >= 0.6 is 0 Å². The van der Waals surface area contributed by atoms with Crippen LogP contribution < -0.4 is 4.74 Å². The van der Waals surface area contributed by atoms with E-state index in [4.69, 9.17) is 9.84 Å². The quantitative estimate of drug-likeness (QED) is 0.859. The minimum Gasteiger partial charge on any atom is -0.467 e. The summed E-state index contributed by atoms with van der Waals surface area (Å²) < 4.78 is 6.15. The number of para-hydroxylation sites is 1. The van der Waals surface area contributed by atoms with Gasteiger partial charge in [0, 0.05) is 32.5 Å².